The number of nitrogens with one attached hydrogen (secondary N) is 1. The molecule has 0 saturated carbocycles. The molecule has 2 nitrogen and oxygen atoms in total. The van der Waals surface area contributed by atoms with Gasteiger partial charge in [-0.05, 0) is 59.0 Å². The number of hydrogen-bond donors (Lipinski definition) is 1. The third kappa shape index (κ3) is 9.17. The summed E-state index contributed by atoms with van der Waals surface area (Å²) in [6, 6.07) is 0. The molecular formula is C14H31NO. The molecule has 1 atom stereocenters. The van der Waals surface area contributed by atoms with Crippen molar-refractivity contribution in [3.8, 4) is 0 Å². The van der Waals surface area contributed by atoms with Crippen LogP contribution in [-0.2, 0) is 4.74 Å². The summed E-state index contributed by atoms with van der Waals surface area (Å²) in [6.45, 7) is 15.4. The van der Waals surface area contributed by atoms with Crippen LogP contribution < -0.4 is 5.32 Å². The molecule has 0 aliphatic carbocycles. The summed E-state index contributed by atoms with van der Waals surface area (Å²) in [6.07, 6.45) is 3.79. The van der Waals surface area contributed by atoms with Crippen molar-refractivity contribution in [1.29, 1.82) is 0 Å². The molecule has 0 amide bonds. The van der Waals surface area contributed by atoms with Crippen LogP contribution in [0.15, 0.2) is 0 Å². The summed E-state index contributed by atoms with van der Waals surface area (Å²) in [5.41, 5.74) is 0.0325. The first kappa shape index (κ1) is 15.9. The maximum Gasteiger partial charge on any atom is 0.0627 e. The Bertz CT molecular complexity index is 166. The van der Waals surface area contributed by atoms with E-state index in [1.54, 1.807) is 0 Å². The molecule has 16 heavy (non-hydrogen) atoms. The highest BCUT2D eigenvalue weighted by molar-refractivity contribution is 4.68. The molecule has 1 N–H and O–H groups in total. The molecule has 0 saturated heterocycles. The molecule has 0 aromatic rings. The van der Waals surface area contributed by atoms with E-state index in [9.17, 15) is 0 Å². The molecule has 0 fully saturated rings. The van der Waals surface area contributed by atoms with E-state index in [2.05, 4.69) is 46.9 Å². The van der Waals surface area contributed by atoms with Crippen LogP contribution in [0.1, 0.15) is 60.8 Å². The molecule has 2 heteroatoms. The maximum absolute atomic E-state index is 5.99. The molecule has 0 aromatic carbocycles. The van der Waals surface area contributed by atoms with E-state index >= 15 is 0 Å². The topological polar surface area (TPSA) is 21.3 Å². The Hall–Kier alpha value is -0.0800. The Morgan fingerprint density at radius 2 is 1.81 bits per heavy atom. The molecule has 0 rings (SSSR count). The average Bonchev–Trinajstić information content (AvgIpc) is 2.16. The normalized spacial score (nSPS) is 14.4. The standard InChI is InChI=1S/C14H31NO/c1-7-14(5,6)16-13(4)9-8-10-15-11-12(2)3/h12-13,15H,7-11H2,1-6H3. The second-order valence-corrected chi connectivity index (χ2v) is 5.78. The van der Waals surface area contributed by atoms with E-state index in [1.165, 1.54) is 6.42 Å². The van der Waals surface area contributed by atoms with E-state index in [1.807, 2.05) is 0 Å². The lowest BCUT2D eigenvalue weighted by Gasteiger charge is -2.28. The highest BCUT2D eigenvalue weighted by Crippen LogP contribution is 2.18. The van der Waals surface area contributed by atoms with Crippen LogP contribution in [-0.4, -0.2) is 24.8 Å². The van der Waals surface area contributed by atoms with Crippen molar-refractivity contribution in [3.63, 3.8) is 0 Å². The van der Waals surface area contributed by atoms with Crippen molar-refractivity contribution in [2.75, 3.05) is 13.1 Å². The molecule has 0 bridgehead atoms. The zero-order valence-corrected chi connectivity index (χ0v) is 12.1. The third-order valence-corrected chi connectivity index (χ3v) is 2.89. The molecule has 0 spiro atoms. The lowest BCUT2D eigenvalue weighted by molar-refractivity contribution is -0.0686. The predicted molar refractivity (Wildman–Crippen MR) is 71.9 cm³/mol. The Morgan fingerprint density at radius 3 is 2.31 bits per heavy atom. The Kier molecular flexibility index (Phi) is 8.04. The maximum atomic E-state index is 5.99. The number of ether oxygens (including phenoxy) is 1. The van der Waals surface area contributed by atoms with Gasteiger partial charge < -0.3 is 10.1 Å². The summed E-state index contributed by atoms with van der Waals surface area (Å²) in [5, 5.41) is 3.46. The van der Waals surface area contributed by atoms with Crippen LogP contribution in [0.3, 0.4) is 0 Å². The highest BCUT2D eigenvalue weighted by atomic mass is 16.5. The van der Waals surface area contributed by atoms with Gasteiger partial charge in [0.2, 0.25) is 0 Å². The molecule has 0 radical (unpaired) electrons. The second-order valence-electron chi connectivity index (χ2n) is 5.78. The zero-order valence-electron chi connectivity index (χ0n) is 12.1. The SMILES string of the molecule is CCC(C)(C)OC(C)CCCNCC(C)C. The van der Waals surface area contributed by atoms with Crippen LogP contribution in [0.5, 0.6) is 0 Å². The molecular weight excluding hydrogens is 198 g/mol. The molecule has 0 aliphatic rings. The van der Waals surface area contributed by atoms with Gasteiger partial charge in [-0.3, -0.25) is 0 Å². The van der Waals surface area contributed by atoms with Gasteiger partial charge in [0.25, 0.3) is 0 Å². The van der Waals surface area contributed by atoms with Gasteiger partial charge in [-0.15, -0.1) is 0 Å². The molecule has 0 aromatic heterocycles. The third-order valence-electron chi connectivity index (χ3n) is 2.89. The summed E-state index contributed by atoms with van der Waals surface area (Å²) in [5.74, 6) is 0.743. The van der Waals surface area contributed by atoms with Gasteiger partial charge in [-0.1, -0.05) is 20.8 Å². The van der Waals surface area contributed by atoms with Gasteiger partial charge in [0.15, 0.2) is 0 Å². The largest absolute Gasteiger partial charge is 0.373 e. The van der Waals surface area contributed by atoms with Gasteiger partial charge in [0.1, 0.15) is 0 Å². The molecule has 1 unspecified atom stereocenters. The van der Waals surface area contributed by atoms with E-state index < -0.39 is 0 Å². The second kappa shape index (κ2) is 8.08. The Balaban J connectivity index is 3.47. The van der Waals surface area contributed by atoms with Crippen LogP contribution >= 0.6 is 0 Å². The van der Waals surface area contributed by atoms with Crippen molar-refractivity contribution in [2.24, 2.45) is 5.92 Å². The average molecular weight is 229 g/mol. The molecule has 0 heterocycles. The van der Waals surface area contributed by atoms with E-state index in [0.29, 0.717) is 6.10 Å². The predicted octanol–water partition coefficient (Wildman–Crippen LogP) is 3.61. The van der Waals surface area contributed by atoms with Crippen molar-refractivity contribution in [2.45, 2.75) is 72.5 Å². The van der Waals surface area contributed by atoms with E-state index in [0.717, 1.165) is 31.8 Å². The first-order valence-corrected chi connectivity index (χ1v) is 6.76. The van der Waals surface area contributed by atoms with Crippen LogP contribution in [0, 0.1) is 5.92 Å². The lowest BCUT2D eigenvalue weighted by atomic mass is 10.1. The lowest BCUT2D eigenvalue weighted by Crippen LogP contribution is -2.29. The smallest absolute Gasteiger partial charge is 0.0627 e. The van der Waals surface area contributed by atoms with Gasteiger partial charge in [-0.25, -0.2) is 0 Å². The molecule has 98 valence electrons. The number of rotatable bonds is 9. The van der Waals surface area contributed by atoms with Gasteiger partial charge in [0.05, 0.1) is 11.7 Å². The van der Waals surface area contributed by atoms with Gasteiger partial charge in [0, 0.05) is 0 Å². The van der Waals surface area contributed by atoms with Crippen LogP contribution in [0.2, 0.25) is 0 Å². The monoisotopic (exact) mass is 229 g/mol. The minimum Gasteiger partial charge on any atom is -0.373 e. The van der Waals surface area contributed by atoms with E-state index in [4.69, 9.17) is 4.74 Å². The summed E-state index contributed by atoms with van der Waals surface area (Å²) < 4.78 is 5.99. The zero-order chi connectivity index (χ0) is 12.6. The Labute approximate surface area is 102 Å². The fraction of sp³-hybridized carbons (Fsp3) is 1.00. The van der Waals surface area contributed by atoms with E-state index in [-0.39, 0.29) is 5.60 Å². The first-order valence-electron chi connectivity index (χ1n) is 6.76. The highest BCUT2D eigenvalue weighted by Gasteiger charge is 2.18. The fourth-order valence-corrected chi connectivity index (χ4v) is 1.59. The van der Waals surface area contributed by atoms with Crippen LogP contribution in [0.4, 0.5) is 0 Å². The molecule has 0 aliphatic heterocycles. The van der Waals surface area contributed by atoms with Gasteiger partial charge >= 0.3 is 0 Å². The van der Waals surface area contributed by atoms with Crippen molar-refractivity contribution >= 4 is 0 Å². The van der Waals surface area contributed by atoms with Crippen molar-refractivity contribution < 1.29 is 4.74 Å². The van der Waals surface area contributed by atoms with Crippen molar-refractivity contribution in [3.05, 3.63) is 0 Å². The summed E-state index contributed by atoms with van der Waals surface area (Å²) >= 11 is 0. The van der Waals surface area contributed by atoms with Crippen LogP contribution in [0.25, 0.3) is 0 Å². The quantitative estimate of drug-likeness (QED) is 0.610. The van der Waals surface area contributed by atoms with Gasteiger partial charge in [-0.2, -0.15) is 0 Å². The fourth-order valence-electron chi connectivity index (χ4n) is 1.59. The minimum atomic E-state index is 0.0325. The summed E-state index contributed by atoms with van der Waals surface area (Å²) in [7, 11) is 0. The first-order chi connectivity index (χ1) is 7.37. The number of hydrogen-bond acceptors (Lipinski definition) is 2. The Morgan fingerprint density at radius 1 is 1.19 bits per heavy atom. The summed E-state index contributed by atoms with van der Waals surface area (Å²) in [4.78, 5) is 0. The minimum absolute atomic E-state index is 0.0325. The van der Waals surface area contributed by atoms with Crippen molar-refractivity contribution in [1.82, 2.24) is 5.32 Å².